The first-order valence-electron chi connectivity index (χ1n) is 10.1. The Morgan fingerprint density at radius 3 is 2.57 bits per heavy atom. The number of guanidine groups is 1. The van der Waals surface area contributed by atoms with Crippen molar-refractivity contribution in [1.29, 1.82) is 0 Å². The lowest BCUT2D eigenvalue weighted by Gasteiger charge is -2.18. The number of nitrogens with zero attached hydrogens (tertiary/aromatic N) is 2. The molecule has 0 unspecified atom stereocenters. The molecule has 0 aromatic heterocycles. The van der Waals surface area contributed by atoms with Gasteiger partial charge in [0.15, 0.2) is 17.5 Å². The van der Waals surface area contributed by atoms with Gasteiger partial charge < -0.3 is 25.0 Å². The second-order valence-corrected chi connectivity index (χ2v) is 6.67. The fourth-order valence-corrected chi connectivity index (χ4v) is 3.18. The monoisotopic (exact) mass is 522 g/mol. The minimum absolute atomic E-state index is 0. The van der Waals surface area contributed by atoms with Gasteiger partial charge in [-0.15, -0.1) is 24.0 Å². The SMILES string of the molecule is CCNC(=NCc1cccc(N2CC=CC2)c1)Nc1ccc(OC)c(OCC)c1.I. The smallest absolute Gasteiger partial charge is 0.196 e. The van der Waals surface area contributed by atoms with Gasteiger partial charge in [0, 0.05) is 37.1 Å². The molecule has 6 nitrogen and oxygen atoms in total. The number of hydrogen-bond acceptors (Lipinski definition) is 4. The highest BCUT2D eigenvalue weighted by molar-refractivity contribution is 14.0. The molecule has 0 radical (unpaired) electrons. The van der Waals surface area contributed by atoms with E-state index in [9.17, 15) is 0 Å². The van der Waals surface area contributed by atoms with E-state index in [2.05, 4.69) is 58.9 Å². The normalized spacial score (nSPS) is 13.0. The molecule has 2 N–H and O–H groups in total. The molecule has 1 aliphatic rings. The van der Waals surface area contributed by atoms with Crippen molar-refractivity contribution in [3.63, 3.8) is 0 Å². The van der Waals surface area contributed by atoms with Gasteiger partial charge in [-0.1, -0.05) is 24.3 Å². The molecule has 1 aliphatic heterocycles. The van der Waals surface area contributed by atoms with Crippen LogP contribution in [0.3, 0.4) is 0 Å². The van der Waals surface area contributed by atoms with Crippen LogP contribution in [0.2, 0.25) is 0 Å². The summed E-state index contributed by atoms with van der Waals surface area (Å²) in [6.07, 6.45) is 4.40. The molecule has 7 heteroatoms. The highest BCUT2D eigenvalue weighted by Crippen LogP contribution is 2.30. The summed E-state index contributed by atoms with van der Waals surface area (Å²) in [5.41, 5.74) is 3.30. The number of hydrogen-bond donors (Lipinski definition) is 2. The molecule has 3 rings (SSSR count). The minimum Gasteiger partial charge on any atom is -0.493 e. The summed E-state index contributed by atoms with van der Waals surface area (Å²) in [6.45, 7) is 7.90. The van der Waals surface area contributed by atoms with Crippen molar-refractivity contribution in [2.75, 3.05) is 43.6 Å². The van der Waals surface area contributed by atoms with Crippen molar-refractivity contribution in [2.24, 2.45) is 4.99 Å². The van der Waals surface area contributed by atoms with E-state index < -0.39 is 0 Å². The molecule has 0 bridgehead atoms. The van der Waals surface area contributed by atoms with Crippen molar-refractivity contribution in [3.8, 4) is 11.5 Å². The lowest BCUT2D eigenvalue weighted by Crippen LogP contribution is -2.30. The van der Waals surface area contributed by atoms with Crippen LogP contribution in [0.1, 0.15) is 19.4 Å². The zero-order chi connectivity index (χ0) is 20.5. The highest BCUT2D eigenvalue weighted by Gasteiger charge is 2.09. The van der Waals surface area contributed by atoms with Crippen LogP contribution in [0, 0.1) is 0 Å². The predicted octanol–water partition coefficient (Wildman–Crippen LogP) is 4.67. The molecule has 2 aromatic rings. The van der Waals surface area contributed by atoms with Gasteiger partial charge in [-0.25, -0.2) is 4.99 Å². The first-order chi connectivity index (χ1) is 14.2. The molecule has 0 spiro atoms. The molecule has 30 heavy (non-hydrogen) atoms. The maximum Gasteiger partial charge on any atom is 0.196 e. The Morgan fingerprint density at radius 1 is 1.07 bits per heavy atom. The highest BCUT2D eigenvalue weighted by atomic mass is 127. The third-order valence-electron chi connectivity index (χ3n) is 4.58. The van der Waals surface area contributed by atoms with Gasteiger partial charge >= 0.3 is 0 Å². The Labute approximate surface area is 196 Å². The lowest BCUT2D eigenvalue weighted by atomic mass is 10.2. The van der Waals surface area contributed by atoms with Crippen LogP contribution in [0.5, 0.6) is 11.5 Å². The zero-order valence-electron chi connectivity index (χ0n) is 17.9. The van der Waals surface area contributed by atoms with Gasteiger partial charge in [-0.05, 0) is 43.7 Å². The van der Waals surface area contributed by atoms with Crippen LogP contribution in [0.15, 0.2) is 59.6 Å². The second kappa shape index (κ2) is 12.3. The molecule has 0 fully saturated rings. The third-order valence-corrected chi connectivity index (χ3v) is 4.58. The van der Waals surface area contributed by atoms with Crippen LogP contribution in [-0.4, -0.2) is 39.3 Å². The molecular weight excluding hydrogens is 491 g/mol. The van der Waals surface area contributed by atoms with Crippen LogP contribution in [0.4, 0.5) is 11.4 Å². The Bertz CT molecular complexity index is 862. The topological polar surface area (TPSA) is 58.1 Å². The van der Waals surface area contributed by atoms with E-state index in [1.165, 1.54) is 11.3 Å². The average molecular weight is 522 g/mol. The number of methoxy groups -OCH3 is 1. The van der Waals surface area contributed by atoms with Crippen molar-refractivity contribution in [1.82, 2.24) is 5.32 Å². The second-order valence-electron chi connectivity index (χ2n) is 6.67. The number of ether oxygens (including phenoxy) is 2. The summed E-state index contributed by atoms with van der Waals surface area (Å²) in [5, 5.41) is 6.65. The Balaban J connectivity index is 0.00000320. The molecule has 0 saturated heterocycles. The summed E-state index contributed by atoms with van der Waals surface area (Å²) < 4.78 is 11.0. The molecule has 0 amide bonds. The first kappa shape index (κ1) is 23.9. The van der Waals surface area contributed by atoms with E-state index in [4.69, 9.17) is 14.5 Å². The molecule has 0 atom stereocenters. The number of benzene rings is 2. The molecule has 1 heterocycles. The number of nitrogens with one attached hydrogen (secondary N) is 2. The summed E-state index contributed by atoms with van der Waals surface area (Å²) in [4.78, 5) is 7.09. The zero-order valence-corrected chi connectivity index (χ0v) is 20.2. The van der Waals surface area contributed by atoms with E-state index in [0.717, 1.165) is 31.3 Å². The van der Waals surface area contributed by atoms with Crippen LogP contribution < -0.4 is 25.0 Å². The van der Waals surface area contributed by atoms with Gasteiger partial charge in [0.1, 0.15) is 0 Å². The van der Waals surface area contributed by atoms with Crippen molar-refractivity contribution < 1.29 is 9.47 Å². The lowest BCUT2D eigenvalue weighted by molar-refractivity contribution is 0.311. The van der Waals surface area contributed by atoms with E-state index in [0.29, 0.717) is 24.7 Å². The number of aliphatic imine (C=N–C) groups is 1. The van der Waals surface area contributed by atoms with Gasteiger partial charge in [-0.2, -0.15) is 0 Å². The summed E-state index contributed by atoms with van der Waals surface area (Å²) >= 11 is 0. The van der Waals surface area contributed by atoms with Gasteiger partial charge in [-0.3, -0.25) is 0 Å². The largest absolute Gasteiger partial charge is 0.493 e. The number of rotatable bonds is 8. The third kappa shape index (κ3) is 6.55. The maximum absolute atomic E-state index is 5.67. The maximum atomic E-state index is 5.67. The van der Waals surface area contributed by atoms with Crippen LogP contribution in [-0.2, 0) is 6.54 Å². The van der Waals surface area contributed by atoms with Crippen LogP contribution >= 0.6 is 24.0 Å². The quantitative estimate of drug-likeness (QED) is 0.229. The minimum atomic E-state index is 0. The number of anilines is 2. The van der Waals surface area contributed by atoms with E-state index in [-0.39, 0.29) is 24.0 Å². The first-order valence-corrected chi connectivity index (χ1v) is 10.1. The predicted molar refractivity (Wildman–Crippen MR) is 136 cm³/mol. The van der Waals surface area contributed by atoms with Gasteiger partial charge in [0.25, 0.3) is 0 Å². The number of halogens is 1. The molecular formula is C23H31IN4O2. The summed E-state index contributed by atoms with van der Waals surface area (Å²) in [5.74, 6) is 2.16. The molecule has 0 aliphatic carbocycles. The molecule has 162 valence electrons. The fraction of sp³-hybridized carbons (Fsp3) is 0.348. The van der Waals surface area contributed by atoms with Gasteiger partial charge in [0.2, 0.25) is 0 Å². The van der Waals surface area contributed by atoms with E-state index in [1.807, 2.05) is 25.1 Å². The average Bonchev–Trinajstić information content (AvgIpc) is 3.28. The Morgan fingerprint density at radius 2 is 1.87 bits per heavy atom. The van der Waals surface area contributed by atoms with Crippen molar-refractivity contribution in [2.45, 2.75) is 20.4 Å². The van der Waals surface area contributed by atoms with E-state index >= 15 is 0 Å². The Hall–Kier alpha value is -2.42. The van der Waals surface area contributed by atoms with Crippen molar-refractivity contribution in [3.05, 3.63) is 60.2 Å². The fourth-order valence-electron chi connectivity index (χ4n) is 3.18. The van der Waals surface area contributed by atoms with Gasteiger partial charge in [0.05, 0.1) is 20.3 Å². The Kier molecular flexibility index (Phi) is 9.79. The summed E-state index contributed by atoms with van der Waals surface area (Å²) in [6, 6.07) is 14.3. The standard InChI is InChI=1S/C23H30N4O2.HI/c1-4-24-23(26-19-11-12-21(28-3)22(16-19)29-5-2)25-17-18-9-8-10-20(15-18)27-13-6-7-14-27;/h6-12,15-16H,4-5,13-14,17H2,1-3H3,(H2,24,25,26);1H. The van der Waals surface area contributed by atoms with Crippen LogP contribution in [0.25, 0.3) is 0 Å². The van der Waals surface area contributed by atoms with E-state index in [1.54, 1.807) is 7.11 Å². The molecule has 0 saturated carbocycles. The summed E-state index contributed by atoms with van der Waals surface area (Å²) in [7, 11) is 1.64. The van der Waals surface area contributed by atoms with Crippen molar-refractivity contribution >= 4 is 41.3 Å². The molecule has 2 aromatic carbocycles.